The van der Waals surface area contributed by atoms with E-state index < -0.39 is 0 Å². The fraction of sp³-hybridized carbons (Fsp3) is 0.154. The summed E-state index contributed by atoms with van der Waals surface area (Å²) in [5.41, 5.74) is 18.4. The minimum absolute atomic E-state index is 0.497. The molecule has 4 rings (SSSR count). The van der Waals surface area contributed by atoms with Gasteiger partial charge in [0.05, 0.1) is 29.5 Å². The van der Waals surface area contributed by atoms with Crippen molar-refractivity contribution >= 4 is 35.1 Å². The molecule has 0 atom stereocenters. The first-order valence-electron chi connectivity index (χ1n) is 10.6. The van der Waals surface area contributed by atoms with Gasteiger partial charge >= 0.3 is 0 Å². The van der Waals surface area contributed by atoms with E-state index in [0.717, 1.165) is 29.6 Å². The van der Waals surface area contributed by atoms with Crippen molar-refractivity contribution in [3.8, 4) is 11.1 Å². The first-order valence-corrected chi connectivity index (χ1v) is 11.5. The van der Waals surface area contributed by atoms with E-state index in [-0.39, 0.29) is 0 Å². The SMILES string of the molecule is C/C=C\c1c(C)nc(/C(N)=C/n2ncc(-c3ccsc3)c2N)n1Cc1ccccc1.C=C.CO. The van der Waals surface area contributed by atoms with Crippen LogP contribution in [0.4, 0.5) is 5.82 Å². The number of thiophene rings is 1. The number of nitrogen functional groups attached to an aromatic ring is 1. The highest BCUT2D eigenvalue weighted by atomic mass is 32.1. The Balaban J connectivity index is 0.000000970. The highest BCUT2D eigenvalue weighted by Gasteiger charge is 2.16. The lowest BCUT2D eigenvalue weighted by atomic mass is 10.2. The average Bonchev–Trinajstić information content (AvgIpc) is 3.59. The molecule has 0 radical (unpaired) electrons. The highest BCUT2D eigenvalue weighted by molar-refractivity contribution is 7.08. The molecule has 5 N–H and O–H groups in total. The molecule has 178 valence electrons. The second-order valence-corrected chi connectivity index (χ2v) is 7.74. The van der Waals surface area contributed by atoms with Crippen LogP contribution >= 0.6 is 11.3 Å². The fourth-order valence-corrected chi connectivity index (χ4v) is 4.06. The molecule has 0 amide bonds. The number of aromatic nitrogens is 4. The predicted octanol–water partition coefficient (Wildman–Crippen LogP) is 5.11. The van der Waals surface area contributed by atoms with Crippen LogP contribution in [-0.4, -0.2) is 31.5 Å². The van der Waals surface area contributed by atoms with Crippen LogP contribution in [-0.2, 0) is 6.54 Å². The number of hydrogen-bond donors (Lipinski definition) is 3. The second kappa shape index (κ2) is 13.0. The molecule has 0 bridgehead atoms. The van der Waals surface area contributed by atoms with Gasteiger partial charge in [-0.2, -0.15) is 16.4 Å². The summed E-state index contributed by atoms with van der Waals surface area (Å²) >= 11 is 1.62. The smallest absolute Gasteiger partial charge is 0.158 e. The standard InChI is InChI=1S/C23H24N6S.C2H4.CH4O/c1-3-7-21-16(2)27-23(28(21)13-17-8-5-4-6-9-17)20(24)14-29-22(25)19(12-26-29)18-10-11-30-15-18;2*1-2/h3-12,14-15H,13,24-25H2,1-2H3;1-2H2;2H,1H3/b7-3-,20-14-;;. The van der Waals surface area contributed by atoms with E-state index >= 15 is 0 Å². The van der Waals surface area contributed by atoms with Crippen molar-refractivity contribution in [2.75, 3.05) is 12.8 Å². The molecule has 0 aliphatic heterocycles. The molecule has 0 aliphatic rings. The summed E-state index contributed by atoms with van der Waals surface area (Å²) in [4.78, 5) is 4.75. The van der Waals surface area contributed by atoms with E-state index in [2.05, 4.69) is 41.0 Å². The number of aryl methyl sites for hydroxylation is 1. The van der Waals surface area contributed by atoms with Crippen molar-refractivity contribution in [3.05, 3.63) is 95.4 Å². The predicted molar refractivity (Wildman–Crippen MR) is 145 cm³/mol. The first-order chi connectivity index (χ1) is 16.6. The van der Waals surface area contributed by atoms with Gasteiger partial charge in [-0.1, -0.05) is 36.4 Å². The van der Waals surface area contributed by atoms with Crippen molar-refractivity contribution < 1.29 is 5.11 Å². The maximum Gasteiger partial charge on any atom is 0.158 e. The minimum Gasteiger partial charge on any atom is -0.400 e. The molecule has 4 aromatic rings. The zero-order valence-corrected chi connectivity index (χ0v) is 20.7. The van der Waals surface area contributed by atoms with Gasteiger partial charge in [0, 0.05) is 19.2 Å². The number of aliphatic hydroxyl groups excluding tert-OH is 1. The Morgan fingerprint density at radius 2 is 1.88 bits per heavy atom. The molecule has 8 heteroatoms. The van der Waals surface area contributed by atoms with E-state index in [1.165, 1.54) is 5.56 Å². The van der Waals surface area contributed by atoms with Gasteiger partial charge in [-0.05, 0) is 47.9 Å². The third kappa shape index (κ3) is 5.92. The van der Waals surface area contributed by atoms with Gasteiger partial charge < -0.3 is 21.1 Å². The maximum atomic E-state index is 7.00. The number of rotatable bonds is 6. The third-order valence-electron chi connectivity index (χ3n) is 4.88. The Kier molecular flexibility index (Phi) is 10.1. The monoisotopic (exact) mass is 476 g/mol. The van der Waals surface area contributed by atoms with Gasteiger partial charge in [0.15, 0.2) is 5.82 Å². The molecule has 0 fully saturated rings. The van der Waals surface area contributed by atoms with Gasteiger partial charge in [0.2, 0.25) is 0 Å². The average molecular weight is 477 g/mol. The summed E-state index contributed by atoms with van der Waals surface area (Å²) in [6, 6.07) is 12.3. The van der Waals surface area contributed by atoms with Crippen LogP contribution < -0.4 is 11.5 Å². The fourth-order valence-electron chi connectivity index (χ4n) is 3.40. The molecule has 3 heterocycles. The Labute approximate surface area is 205 Å². The molecular formula is C26H32N6OS. The van der Waals surface area contributed by atoms with Crippen molar-refractivity contribution in [1.29, 1.82) is 0 Å². The zero-order chi connectivity index (χ0) is 25.1. The van der Waals surface area contributed by atoms with E-state index in [1.54, 1.807) is 28.4 Å². The molecule has 0 aliphatic carbocycles. The molecule has 3 aromatic heterocycles. The van der Waals surface area contributed by atoms with Crippen molar-refractivity contribution in [2.24, 2.45) is 5.73 Å². The number of imidazole rings is 1. The van der Waals surface area contributed by atoms with Crippen molar-refractivity contribution in [3.63, 3.8) is 0 Å². The normalized spacial score (nSPS) is 11.0. The van der Waals surface area contributed by atoms with Crippen LogP contribution in [0.2, 0.25) is 0 Å². The molecule has 34 heavy (non-hydrogen) atoms. The molecule has 7 nitrogen and oxygen atoms in total. The molecule has 0 spiro atoms. The zero-order valence-electron chi connectivity index (χ0n) is 19.8. The Morgan fingerprint density at radius 1 is 1.18 bits per heavy atom. The number of allylic oxidation sites excluding steroid dienone is 1. The highest BCUT2D eigenvalue weighted by Crippen LogP contribution is 2.28. The molecule has 0 saturated heterocycles. The molecular weight excluding hydrogens is 444 g/mol. The molecule has 0 saturated carbocycles. The van der Waals surface area contributed by atoms with Gasteiger partial charge in [0.1, 0.15) is 5.82 Å². The minimum atomic E-state index is 0.497. The Bertz CT molecular complexity index is 1220. The largest absolute Gasteiger partial charge is 0.400 e. The number of hydrogen-bond acceptors (Lipinski definition) is 6. The second-order valence-electron chi connectivity index (χ2n) is 6.96. The van der Waals surface area contributed by atoms with Crippen LogP contribution in [0, 0.1) is 6.92 Å². The van der Waals surface area contributed by atoms with Crippen LogP contribution in [0.25, 0.3) is 29.1 Å². The number of nitrogens with two attached hydrogens (primary N) is 2. The lowest BCUT2D eigenvalue weighted by Crippen LogP contribution is -2.11. The quantitative estimate of drug-likeness (QED) is 0.335. The van der Waals surface area contributed by atoms with Gasteiger partial charge in [0.25, 0.3) is 0 Å². The van der Waals surface area contributed by atoms with Gasteiger partial charge in [-0.15, -0.1) is 13.2 Å². The number of benzene rings is 1. The van der Waals surface area contributed by atoms with E-state index in [1.807, 2.05) is 54.9 Å². The number of aliphatic hydroxyl groups is 1. The van der Waals surface area contributed by atoms with Gasteiger partial charge in [-0.3, -0.25) is 0 Å². The third-order valence-corrected chi connectivity index (χ3v) is 5.57. The summed E-state index contributed by atoms with van der Waals surface area (Å²) in [6.45, 7) is 10.7. The number of anilines is 1. The summed E-state index contributed by atoms with van der Waals surface area (Å²) in [7, 11) is 1.00. The topological polar surface area (TPSA) is 108 Å². The van der Waals surface area contributed by atoms with Crippen molar-refractivity contribution in [2.45, 2.75) is 20.4 Å². The molecule has 0 unspecified atom stereocenters. The van der Waals surface area contributed by atoms with Crippen LogP contribution in [0.5, 0.6) is 0 Å². The maximum absolute atomic E-state index is 7.00. The molecule has 1 aromatic carbocycles. The summed E-state index contributed by atoms with van der Waals surface area (Å²) in [5, 5.41) is 15.5. The number of nitrogens with zero attached hydrogens (tertiary/aromatic N) is 4. The van der Waals surface area contributed by atoms with Gasteiger partial charge in [-0.25, -0.2) is 9.67 Å². The summed E-state index contributed by atoms with van der Waals surface area (Å²) in [6.07, 6.45) is 7.55. The van der Waals surface area contributed by atoms with E-state index in [0.29, 0.717) is 23.9 Å². The van der Waals surface area contributed by atoms with Crippen molar-refractivity contribution in [1.82, 2.24) is 19.3 Å². The summed E-state index contributed by atoms with van der Waals surface area (Å²) in [5.74, 6) is 1.24. The summed E-state index contributed by atoms with van der Waals surface area (Å²) < 4.78 is 3.73. The van der Waals surface area contributed by atoms with Crippen LogP contribution in [0.15, 0.2) is 72.6 Å². The van der Waals surface area contributed by atoms with Crippen LogP contribution in [0.1, 0.15) is 29.7 Å². The Morgan fingerprint density at radius 3 is 2.50 bits per heavy atom. The van der Waals surface area contributed by atoms with E-state index in [4.69, 9.17) is 21.6 Å². The van der Waals surface area contributed by atoms with E-state index in [9.17, 15) is 0 Å². The van der Waals surface area contributed by atoms with Crippen LogP contribution in [0.3, 0.4) is 0 Å². The lowest BCUT2D eigenvalue weighted by molar-refractivity contribution is 0.399. The first kappa shape index (κ1) is 26.4. The Hall–Kier alpha value is -3.88. The lowest BCUT2D eigenvalue weighted by Gasteiger charge is -2.11.